The Kier molecular flexibility index (Phi) is 3.51. The monoisotopic (exact) mass is 244 g/mol. The van der Waals surface area contributed by atoms with Gasteiger partial charge in [-0.1, -0.05) is 32.0 Å². The zero-order valence-corrected chi connectivity index (χ0v) is 10.5. The lowest BCUT2D eigenvalue weighted by Gasteiger charge is -2.06. The number of furan rings is 1. The quantitative estimate of drug-likeness (QED) is 0.888. The minimum Gasteiger partial charge on any atom is -0.475 e. The molecule has 2 rings (SSSR count). The van der Waals surface area contributed by atoms with E-state index < -0.39 is 5.97 Å². The van der Waals surface area contributed by atoms with E-state index in [-0.39, 0.29) is 5.76 Å². The number of aromatic carboxylic acids is 1. The molecule has 94 valence electrons. The summed E-state index contributed by atoms with van der Waals surface area (Å²) in [5, 5.41) is 8.82. The van der Waals surface area contributed by atoms with E-state index in [9.17, 15) is 4.79 Å². The molecule has 0 atom stereocenters. The lowest BCUT2D eigenvalue weighted by molar-refractivity contribution is 0.0663. The van der Waals surface area contributed by atoms with Crippen molar-refractivity contribution in [3.63, 3.8) is 0 Å². The summed E-state index contributed by atoms with van der Waals surface area (Å²) < 4.78 is 5.29. The number of hydrogen-bond acceptors (Lipinski definition) is 2. The standard InChI is InChI=1S/C15H16O3/c1-10(2)8-11-4-3-5-12(9-11)13-6-7-14(18-13)15(16)17/h3-7,9-10H,8H2,1-2H3,(H,16,17). The summed E-state index contributed by atoms with van der Waals surface area (Å²) in [6, 6.07) is 11.2. The summed E-state index contributed by atoms with van der Waals surface area (Å²) in [7, 11) is 0. The van der Waals surface area contributed by atoms with Crippen molar-refractivity contribution >= 4 is 5.97 Å². The van der Waals surface area contributed by atoms with E-state index >= 15 is 0 Å². The summed E-state index contributed by atoms with van der Waals surface area (Å²) in [5.41, 5.74) is 2.15. The molecule has 0 aliphatic rings. The van der Waals surface area contributed by atoms with Crippen molar-refractivity contribution in [2.24, 2.45) is 5.92 Å². The maximum Gasteiger partial charge on any atom is 0.371 e. The van der Waals surface area contributed by atoms with Crippen molar-refractivity contribution in [2.75, 3.05) is 0 Å². The third-order valence-electron chi connectivity index (χ3n) is 2.67. The van der Waals surface area contributed by atoms with Crippen molar-refractivity contribution in [3.05, 3.63) is 47.7 Å². The van der Waals surface area contributed by atoms with Crippen LogP contribution >= 0.6 is 0 Å². The second-order valence-corrected chi connectivity index (χ2v) is 4.77. The molecule has 1 N–H and O–H groups in total. The molecule has 1 heterocycles. The van der Waals surface area contributed by atoms with Crippen molar-refractivity contribution in [3.8, 4) is 11.3 Å². The maximum absolute atomic E-state index is 10.8. The Labute approximate surface area is 106 Å². The van der Waals surface area contributed by atoms with Gasteiger partial charge in [0.05, 0.1) is 0 Å². The fourth-order valence-corrected chi connectivity index (χ4v) is 1.93. The summed E-state index contributed by atoms with van der Waals surface area (Å²) in [4.78, 5) is 10.8. The third-order valence-corrected chi connectivity index (χ3v) is 2.67. The Morgan fingerprint density at radius 3 is 2.67 bits per heavy atom. The highest BCUT2D eigenvalue weighted by Crippen LogP contribution is 2.24. The molecule has 0 unspecified atom stereocenters. The van der Waals surface area contributed by atoms with Crippen molar-refractivity contribution < 1.29 is 14.3 Å². The number of carboxylic acid groups (broad SMARTS) is 1. The molecule has 0 aliphatic carbocycles. The molecule has 0 saturated carbocycles. The van der Waals surface area contributed by atoms with E-state index in [4.69, 9.17) is 9.52 Å². The van der Waals surface area contributed by atoms with Crippen LogP contribution in [0.1, 0.15) is 30.0 Å². The van der Waals surface area contributed by atoms with Gasteiger partial charge in [-0.05, 0) is 36.1 Å². The zero-order valence-electron chi connectivity index (χ0n) is 10.5. The molecule has 0 amide bonds. The van der Waals surface area contributed by atoms with E-state index in [0.717, 1.165) is 12.0 Å². The molecule has 18 heavy (non-hydrogen) atoms. The fraction of sp³-hybridized carbons (Fsp3) is 0.267. The highest BCUT2D eigenvalue weighted by atomic mass is 16.4. The minimum absolute atomic E-state index is 0.0285. The van der Waals surface area contributed by atoms with Crippen LogP contribution in [0.3, 0.4) is 0 Å². The fourth-order valence-electron chi connectivity index (χ4n) is 1.93. The SMILES string of the molecule is CC(C)Cc1cccc(-c2ccc(C(=O)O)o2)c1. The van der Waals surface area contributed by atoms with Crippen LogP contribution in [0.4, 0.5) is 0 Å². The molecule has 3 heteroatoms. The molecule has 0 bridgehead atoms. The van der Waals surface area contributed by atoms with Gasteiger partial charge in [0.1, 0.15) is 5.76 Å². The van der Waals surface area contributed by atoms with Gasteiger partial charge in [-0.3, -0.25) is 0 Å². The Morgan fingerprint density at radius 2 is 2.06 bits per heavy atom. The minimum atomic E-state index is -1.04. The number of hydrogen-bond donors (Lipinski definition) is 1. The largest absolute Gasteiger partial charge is 0.475 e. The molecule has 1 aromatic carbocycles. The van der Waals surface area contributed by atoms with Gasteiger partial charge in [-0.15, -0.1) is 0 Å². The van der Waals surface area contributed by atoms with E-state index in [1.54, 1.807) is 6.07 Å². The van der Waals surface area contributed by atoms with Crippen LogP contribution in [0.25, 0.3) is 11.3 Å². The predicted octanol–water partition coefficient (Wildman–Crippen LogP) is 3.84. The van der Waals surface area contributed by atoms with Crippen molar-refractivity contribution in [1.29, 1.82) is 0 Å². The summed E-state index contributed by atoms with van der Waals surface area (Å²) in [6.07, 6.45) is 1.00. The first-order valence-corrected chi connectivity index (χ1v) is 5.98. The van der Waals surface area contributed by atoms with E-state index in [1.807, 2.05) is 18.2 Å². The molecular weight excluding hydrogens is 228 g/mol. The molecular formula is C15H16O3. The summed E-state index contributed by atoms with van der Waals surface area (Å²) >= 11 is 0. The number of carboxylic acids is 1. The Morgan fingerprint density at radius 1 is 1.28 bits per heavy atom. The number of benzene rings is 1. The molecule has 0 spiro atoms. The third kappa shape index (κ3) is 2.80. The van der Waals surface area contributed by atoms with E-state index in [1.165, 1.54) is 11.6 Å². The molecule has 2 aromatic rings. The molecule has 0 radical (unpaired) electrons. The van der Waals surface area contributed by atoms with Crippen LogP contribution in [0.5, 0.6) is 0 Å². The highest BCUT2D eigenvalue weighted by molar-refractivity contribution is 5.85. The average molecular weight is 244 g/mol. The van der Waals surface area contributed by atoms with Crippen LogP contribution in [-0.4, -0.2) is 11.1 Å². The topological polar surface area (TPSA) is 50.4 Å². The van der Waals surface area contributed by atoms with E-state index in [2.05, 4.69) is 19.9 Å². The second-order valence-electron chi connectivity index (χ2n) is 4.77. The van der Waals surface area contributed by atoms with Gasteiger partial charge in [0.25, 0.3) is 0 Å². The van der Waals surface area contributed by atoms with Crippen LogP contribution in [0.15, 0.2) is 40.8 Å². The number of rotatable bonds is 4. The van der Waals surface area contributed by atoms with E-state index in [0.29, 0.717) is 11.7 Å². The van der Waals surface area contributed by atoms with Gasteiger partial charge in [0.15, 0.2) is 0 Å². The van der Waals surface area contributed by atoms with Crippen molar-refractivity contribution in [1.82, 2.24) is 0 Å². The first kappa shape index (κ1) is 12.4. The smallest absolute Gasteiger partial charge is 0.371 e. The van der Waals surface area contributed by atoms with Gasteiger partial charge in [-0.2, -0.15) is 0 Å². The van der Waals surface area contributed by atoms with Crippen LogP contribution in [-0.2, 0) is 6.42 Å². The maximum atomic E-state index is 10.8. The number of carbonyl (C=O) groups is 1. The molecule has 3 nitrogen and oxygen atoms in total. The van der Waals surface area contributed by atoms with Crippen LogP contribution < -0.4 is 0 Å². The lowest BCUT2D eigenvalue weighted by Crippen LogP contribution is -1.94. The lowest BCUT2D eigenvalue weighted by atomic mass is 10.0. The Bertz CT molecular complexity index is 552. The Hall–Kier alpha value is -2.03. The molecule has 0 saturated heterocycles. The Balaban J connectivity index is 2.29. The van der Waals surface area contributed by atoms with Gasteiger partial charge >= 0.3 is 5.97 Å². The summed E-state index contributed by atoms with van der Waals surface area (Å²) in [6.45, 7) is 4.34. The van der Waals surface area contributed by atoms with Gasteiger partial charge in [-0.25, -0.2) is 4.79 Å². The first-order valence-electron chi connectivity index (χ1n) is 5.98. The molecule has 0 aliphatic heterocycles. The second kappa shape index (κ2) is 5.08. The van der Waals surface area contributed by atoms with Crippen molar-refractivity contribution in [2.45, 2.75) is 20.3 Å². The zero-order chi connectivity index (χ0) is 13.1. The predicted molar refractivity (Wildman–Crippen MR) is 69.6 cm³/mol. The van der Waals surface area contributed by atoms with Gasteiger partial charge in [0.2, 0.25) is 5.76 Å². The molecule has 0 fully saturated rings. The summed E-state index contributed by atoms with van der Waals surface area (Å²) in [5.74, 6) is 0.114. The van der Waals surface area contributed by atoms with Crippen LogP contribution in [0.2, 0.25) is 0 Å². The normalized spacial score (nSPS) is 10.8. The highest BCUT2D eigenvalue weighted by Gasteiger charge is 2.10. The molecule has 1 aromatic heterocycles. The average Bonchev–Trinajstić information content (AvgIpc) is 2.77. The van der Waals surface area contributed by atoms with Crippen LogP contribution in [0, 0.1) is 5.92 Å². The van der Waals surface area contributed by atoms with Gasteiger partial charge in [0, 0.05) is 5.56 Å². The first-order chi connectivity index (χ1) is 8.56. The van der Waals surface area contributed by atoms with Gasteiger partial charge < -0.3 is 9.52 Å².